The van der Waals surface area contributed by atoms with Crippen molar-refractivity contribution in [3.63, 3.8) is 0 Å². The fourth-order valence-electron chi connectivity index (χ4n) is 2.33. The molecule has 1 amide bonds. The Kier molecular flexibility index (Phi) is 4.19. The molecule has 0 bridgehead atoms. The fraction of sp³-hybridized carbons (Fsp3) is 0.533. The Bertz CT molecular complexity index is 594. The lowest BCUT2D eigenvalue weighted by Gasteiger charge is -2.47. The van der Waals surface area contributed by atoms with Gasteiger partial charge in [0.2, 0.25) is 0 Å². The summed E-state index contributed by atoms with van der Waals surface area (Å²) in [6.45, 7) is 6.05. The standard InChI is InChI=1S/C15H20N4O3/c1-14(2,3)22-13(20)19-9-15(10-19,17-18-16)11-5-7-12(21-4)8-6-11/h5-8H,9-10H2,1-4H3. The van der Waals surface area contributed by atoms with E-state index in [2.05, 4.69) is 10.0 Å². The van der Waals surface area contributed by atoms with Crippen LogP contribution < -0.4 is 4.74 Å². The van der Waals surface area contributed by atoms with Crippen molar-refractivity contribution in [1.29, 1.82) is 0 Å². The van der Waals surface area contributed by atoms with Gasteiger partial charge in [0.15, 0.2) is 0 Å². The Hall–Kier alpha value is -2.40. The van der Waals surface area contributed by atoms with Crippen LogP contribution in [0.1, 0.15) is 26.3 Å². The van der Waals surface area contributed by atoms with Gasteiger partial charge in [0.1, 0.15) is 16.9 Å². The lowest BCUT2D eigenvalue weighted by Crippen LogP contribution is -2.60. The molecular formula is C15H20N4O3. The highest BCUT2D eigenvalue weighted by molar-refractivity contribution is 5.70. The Labute approximate surface area is 129 Å². The molecule has 1 aromatic carbocycles. The molecule has 1 heterocycles. The van der Waals surface area contributed by atoms with Crippen LogP contribution in [-0.2, 0) is 10.3 Å². The Morgan fingerprint density at radius 2 is 1.91 bits per heavy atom. The average molecular weight is 304 g/mol. The van der Waals surface area contributed by atoms with Gasteiger partial charge in [-0.2, -0.15) is 0 Å². The van der Waals surface area contributed by atoms with Crippen LogP contribution in [0.2, 0.25) is 0 Å². The van der Waals surface area contributed by atoms with Gasteiger partial charge in [-0.25, -0.2) is 4.79 Å². The predicted molar refractivity (Wildman–Crippen MR) is 81.6 cm³/mol. The van der Waals surface area contributed by atoms with E-state index in [-0.39, 0.29) is 0 Å². The molecule has 1 aliphatic rings. The van der Waals surface area contributed by atoms with Crippen molar-refractivity contribution in [3.05, 3.63) is 40.3 Å². The molecule has 118 valence electrons. The van der Waals surface area contributed by atoms with Crippen LogP contribution >= 0.6 is 0 Å². The Balaban J connectivity index is 2.13. The van der Waals surface area contributed by atoms with Crippen molar-refractivity contribution in [2.75, 3.05) is 20.2 Å². The zero-order valence-electron chi connectivity index (χ0n) is 13.2. The minimum Gasteiger partial charge on any atom is -0.497 e. The first-order valence-corrected chi connectivity index (χ1v) is 6.98. The molecule has 0 saturated carbocycles. The Morgan fingerprint density at radius 3 is 2.36 bits per heavy atom. The number of hydrogen-bond donors (Lipinski definition) is 0. The van der Waals surface area contributed by atoms with Gasteiger partial charge in [0.25, 0.3) is 0 Å². The first-order chi connectivity index (χ1) is 10.3. The van der Waals surface area contributed by atoms with Gasteiger partial charge < -0.3 is 14.4 Å². The maximum atomic E-state index is 12.0. The molecular weight excluding hydrogens is 284 g/mol. The first kappa shape index (κ1) is 16.0. The quantitative estimate of drug-likeness (QED) is 0.486. The SMILES string of the molecule is COc1ccc(C2(N=[N+]=[N-])CN(C(=O)OC(C)(C)C)C2)cc1. The number of likely N-dealkylation sites (tertiary alicyclic amines) is 1. The number of nitrogens with zero attached hydrogens (tertiary/aromatic N) is 4. The summed E-state index contributed by atoms with van der Waals surface area (Å²) in [6, 6.07) is 7.31. The minimum absolute atomic E-state index is 0.304. The summed E-state index contributed by atoms with van der Waals surface area (Å²) >= 11 is 0. The van der Waals surface area contributed by atoms with Gasteiger partial charge in [-0.1, -0.05) is 17.2 Å². The normalized spacial score (nSPS) is 16.3. The van der Waals surface area contributed by atoms with Crippen LogP contribution in [0.4, 0.5) is 4.79 Å². The number of azide groups is 1. The smallest absolute Gasteiger partial charge is 0.410 e. The summed E-state index contributed by atoms with van der Waals surface area (Å²) in [5, 5.41) is 3.91. The molecule has 22 heavy (non-hydrogen) atoms. The molecule has 7 nitrogen and oxygen atoms in total. The molecule has 0 aliphatic carbocycles. The van der Waals surface area contributed by atoms with Crippen molar-refractivity contribution in [2.24, 2.45) is 5.11 Å². The fourth-order valence-corrected chi connectivity index (χ4v) is 2.33. The molecule has 2 rings (SSSR count). The van der Waals surface area contributed by atoms with Gasteiger partial charge in [-0.15, -0.1) is 0 Å². The van der Waals surface area contributed by atoms with Gasteiger partial charge in [0, 0.05) is 18.0 Å². The number of carbonyl (C=O) groups excluding carboxylic acids is 1. The monoisotopic (exact) mass is 304 g/mol. The van der Waals surface area contributed by atoms with Crippen LogP contribution in [0.3, 0.4) is 0 Å². The van der Waals surface area contributed by atoms with Crippen LogP contribution in [0.25, 0.3) is 10.4 Å². The minimum atomic E-state index is -0.738. The number of hydrogen-bond acceptors (Lipinski definition) is 4. The lowest BCUT2D eigenvalue weighted by molar-refractivity contribution is -0.00874. The molecule has 1 saturated heterocycles. The lowest BCUT2D eigenvalue weighted by atomic mass is 9.83. The number of amides is 1. The third-order valence-electron chi connectivity index (χ3n) is 3.42. The number of methoxy groups -OCH3 is 1. The molecule has 1 aromatic rings. The summed E-state index contributed by atoms with van der Waals surface area (Å²) in [7, 11) is 1.59. The van der Waals surface area contributed by atoms with E-state index >= 15 is 0 Å². The largest absolute Gasteiger partial charge is 0.497 e. The third-order valence-corrected chi connectivity index (χ3v) is 3.42. The van der Waals surface area contributed by atoms with Gasteiger partial charge in [0.05, 0.1) is 7.11 Å². The van der Waals surface area contributed by atoms with E-state index in [4.69, 9.17) is 15.0 Å². The van der Waals surface area contributed by atoms with Crippen LogP contribution in [0.5, 0.6) is 5.75 Å². The summed E-state index contributed by atoms with van der Waals surface area (Å²) in [5.41, 5.74) is 8.41. The molecule has 7 heteroatoms. The zero-order valence-corrected chi connectivity index (χ0v) is 13.2. The second-order valence-electron chi connectivity index (χ2n) is 6.29. The number of benzene rings is 1. The van der Waals surface area contributed by atoms with Gasteiger partial charge in [-0.3, -0.25) is 0 Å². The first-order valence-electron chi connectivity index (χ1n) is 6.98. The van der Waals surface area contributed by atoms with Crippen molar-refractivity contribution >= 4 is 6.09 Å². The van der Waals surface area contributed by atoms with Crippen molar-refractivity contribution in [2.45, 2.75) is 31.9 Å². The van der Waals surface area contributed by atoms with E-state index in [9.17, 15) is 4.79 Å². The molecule has 0 N–H and O–H groups in total. The van der Waals surface area contributed by atoms with Crippen molar-refractivity contribution in [3.8, 4) is 5.75 Å². The highest BCUT2D eigenvalue weighted by atomic mass is 16.6. The Morgan fingerprint density at radius 1 is 1.32 bits per heavy atom. The summed E-state index contributed by atoms with van der Waals surface area (Å²) < 4.78 is 10.4. The van der Waals surface area contributed by atoms with E-state index in [0.29, 0.717) is 13.1 Å². The maximum absolute atomic E-state index is 12.0. The highest BCUT2D eigenvalue weighted by Gasteiger charge is 2.47. The van der Waals surface area contributed by atoms with E-state index in [1.165, 1.54) is 4.90 Å². The molecule has 0 unspecified atom stereocenters. The average Bonchev–Trinajstić information content (AvgIpc) is 2.40. The van der Waals surface area contributed by atoms with Crippen LogP contribution in [0, 0.1) is 0 Å². The summed E-state index contributed by atoms with van der Waals surface area (Å²) in [6.07, 6.45) is -0.398. The number of rotatable bonds is 3. The zero-order chi connectivity index (χ0) is 16.4. The van der Waals surface area contributed by atoms with Crippen molar-refractivity contribution < 1.29 is 14.3 Å². The summed E-state index contributed by atoms with van der Waals surface area (Å²) in [4.78, 5) is 16.5. The van der Waals surface area contributed by atoms with Crippen LogP contribution in [-0.4, -0.2) is 36.8 Å². The molecule has 0 radical (unpaired) electrons. The van der Waals surface area contributed by atoms with E-state index < -0.39 is 17.2 Å². The molecule has 1 aliphatic heterocycles. The molecule has 0 spiro atoms. The molecule has 0 aromatic heterocycles. The predicted octanol–water partition coefficient (Wildman–Crippen LogP) is 3.45. The van der Waals surface area contributed by atoms with E-state index in [1.54, 1.807) is 19.2 Å². The highest BCUT2D eigenvalue weighted by Crippen LogP contribution is 2.37. The number of ether oxygens (including phenoxy) is 2. The van der Waals surface area contributed by atoms with Gasteiger partial charge in [-0.05, 0) is 44.0 Å². The second-order valence-corrected chi connectivity index (χ2v) is 6.29. The van der Waals surface area contributed by atoms with Crippen LogP contribution in [0.15, 0.2) is 29.4 Å². The molecule has 0 atom stereocenters. The molecule has 1 fully saturated rings. The second kappa shape index (κ2) is 5.77. The summed E-state index contributed by atoms with van der Waals surface area (Å²) in [5.74, 6) is 0.725. The van der Waals surface area contributed by atoms with Crippen molar-refractivity contribution in [1.82, 2.24) is 4.90 Å². The topological polar surface area (TPSA) is 87.5 Å². The van der Waals surface area contributed by atoms with Gasteiger partial charge >= 0.3 is 6.09 Å². The number of carbonyl (C=O) groups is 1. The van der Waals surface area contributed by atoms with E-state index in [0.717, 1.165) is 11.3 Å². The third kappa shape index (κ3) is 3.26. The maximum Gasteiger partial charge on any atom is 0.410 e. The van der Waals surface area contributed by atoms with E-state index in [1.807, 2.05) is 32.9 Å².